The number of nitrogens with one attached hydrogen (secondary N) is 1. The van der Waals surface area contributed by atoms with Crippen molar-refractivity contribution in [1.82, 2.24) is 10.2 Å². The number of fused-ring (bicyclic) bond motifs is 2. The van der Waals surface area contributed by atoms with Gasteiger partial charge in [0.05, 0.1) is 11.5 Å². The van der Waals surface area contributed by atoms with E-state index in [1.807, 2.05) is 47.4 Å². The fourth-order valence-electron chi connectivity index (χ4n) is 5.72. The number of aryl methyl sites for hydroxylation is 1. The van der Waals surface area contributed by atoms with Gasteiger partial charge in [-0.1, -0.05) is 54.6 Å². The maximum absolute atomic E-state index is 13.6. The van der Waals surface area contributed by atoms with Gasteiger partial charge >= 0.3 is 5.97 Å². The van der Waals surface area contributed by atoms with Crippen LogP contribution in [0.1, 0.15) is 68.6 Å². The Labute approximate surface area is 213 Å². The Bertz CT molecular complexity index is 1100. The Morgan fingerprint density at radius 1 is 1.08 bits per heavy atom. The van der Waals surface area contributed by atoms with E-state index in [0.717, 1.165) is 24.0 Å². The summed E-state index contributed by atoms with van der Waals surface area (Å²) in [7, 11) is 0. The predicted molar refractivity (Wildman–Crippen MR) is 139 cm³/mol. The normalized spacial score (nSPS) is 19.5. The van der Waals surface area contributed by atoms with Gasteiger partial charge in [-0.25, -0.2) is 0 Å². The van der Waals surface area contributed by atoms with Crippen LogP contribution in [0.15, 0.2) is 54.6 Å². The van der Waals surface area contributed by atoms with Gasteiger partial charge in [-0.15, -0.1) is 0 Å². The minimum Gasteiger partial charge on any atom is -0.481 e. The lowest BCUT2D eigenvalue weighted by molar-refractivity contribution is -0.140. The number of carbonyl (C=O) groups excluding carboxylic acids is 2. The summed E-state index contributed by atoms with van der Waals surface area (Å²) in [6, 6.07) is 17.3. The van der Waals surface area contributed by atoms with E-state index in [9.17, 15) is 19.5 Å². The van der Waals surface area contributed by atoms with Crippen molar-refractivity contribution < 1.29 is 19.5 Å². The lowest BCUT2D eigenvalue weighted by atomic mass is 9.73. The second kappa shape index (κ2) is 10.4. The standard InChI is InChI=1S/C29H37N3O4/c1-28(2,30)27(36)31-24(14-8-11-20-9-4-3-5-10-20)25(33)32-17-15-29(16-18-32)19-22(26(34)35)21-12-6-7-13-23(21)29/h3-7,9-10,12-13,22,24H,8,11,14-19,30H2,1-2H3,(H,31,36)(H,34,35)/t22-,24+/m0/s1. The molecule has 1 aliphatic carbocycles. The summed E-state index contributed by atoms with van der Waals surface area (Å²) < 4.78 is 0. The first-order valence-corrected chi connectivity index (χ1v) is 12.9. The third kappa shape index (κ3) is 5.46. The highest BCUT2D eigenvalue weighted by Crippen LogP contribution is 2.51. The number of aliphatic carboxylic acids is 1. The van der Waals surface area contributed by atoms with E-state index < -0.39 is 23.5 Å². The molecule has 1 saturated heterocycles. The fourth-order valence-corrected chi connectivity index (χ4v) is 5.72. The molecule has 2 aromatic rings. The lowest BCUT2D eigenvalue weighted by Gasteiger charge is -2.41. The minimum absolute atomic E-state index is 0.0865. The monoisotopic (exact) mass is 491 g/mol. The number of hydrogen-bond acceptors (Lipinski definition) is 4. The lowest BCUT2D eigenvalue weighted by Crippen LogP contribution is -2.57. The zero-order valence-electron chi connectivity index (χ0n) is 21.2. The van der Waals surface area contributed by atoms with Crippen molar-refractivity contribution in [3.63, 3.8) is 0 Å². The van der Waals surface area contributed by atoms with Gasteiger partial charge in [0.15, 0.2) is 0 Å². The third-order valence-corrected chi connectivity index (χ3v) is 7.82. The minimum atomic E-state index is -1.08. The molecule has 7 nitrogen and oxygen atoms in total. The number of carbonyl (C=O) groups is 3. The first-order valence-electron chi connectivity index (χ1n) is 12.9. The summed E-state index contributed by atoms with van der Waals surface area (Å²) in [5, 5.41) is 12.7. The third-order valence-electron chi connectivity index (χ3n) is 7.82. The highest BCUT2D eigenvalue weighted by Gasteiger charge is 2.48. The predicted octanol–water partition coefficient (Wildman–Crippen LogP) is 3.36. The molecule has 0 unspecified atom stereocenters. The summed E-state index contributed by atoms with van der Waals surface area (Å²) in [6.07, 6.45) is 4.11. The van der Waals surface area contributed by atoms with Crippen LogP contribution in [-0.2, 0) is 26.2 Å². The molecule has 2 aromatic carbocycles. The molecule has 0 saturated carbocycles. The van der Waals surface area contributed by atoms with Gasteiger partial charge in [-0.2, -0.15) is 0 Å². The van der Waals surface area contributed by atoms with E-state index in [0.29, 0.717) is 38.8 Å². The first-order chi connectivity index (χ1) is 17.1. The number of carboxylic acid groups (broad SMARTS) is 1. The Morgan fingerprint density at radius 2 is 1.72 bits per heavy atom. The fraction of sp³-hybridized carbons (Fsp3) is 0.483. The second-order valence-electron chi connectivity index (χ2n) is 10.9. The number of amides is 2. The highest BCUT2D eigenvalue weighted by molar-refractivity contribution is 5.91. The number of hydrogen-bond donors (Lipinski definition) is 3. The van der Waals surface area contributed by atoms with Crippen LogP contribution in [0.2, 0.25) is 0 Å². The number of likely N-dealkylation sites (tertiary alicyclic amines) is 1. The van der Waals surface area contributed by atoms with Gasteiger partial charge in [0, 0.05) is 18.5 Å². The van der Waals surface area contributed by atoms with Gasteiger partial charge in [-0.3, -0.25) is 14.4 Å². The summed E-state index contributed by atoms with van der Waals surface area (Å²) in [5.74, 6) is -1.72. The molecule has 2 aliphatic rings. The number of nitrogens with two attached hydrogens (primary N) is 1. The molecule has 2 amide bonds. The summed E-state index contributed by atoms with van der Waals surface area (Å²) in [6.45, 7) is 4.34. The van der Waals surface area contributed by atoms with E-state index in [1.54, 1.807) is 13.8 Å². The molecule has 1 aliphatic heterocycles. The van der Waals surface area contributed by atoms with Crippen LogP contribution in [0.5, 0.6) is 0 Å². The van der Waals surface area contributed by atoms with Crippen molar-refractivity contribution in [3.8, 4) is 0 Å². The van der Waals surface area contributed by atoms with Crippen LogP contribution in [0.3, 0.4) is 0 Å². The van der Waals surface area contributed by atoms with E-state index in [2.05, 4.69) is 17.4 Å². The van der Waals surface area contributed by atoms with Gasteiger partial charge in [0.1, 0.15) is 6.04 Å². The molecule has 192 valence electrons. The molecule has 4 rings (SSSR count). The van der Waals surface area contributed by atoms with E-state index in [4.69, 9.17) is 5.73 Å². The highest BCUT2D eigenvalue weighted by atomic mass is 16.4. The molecule has 0 radical (unpaired) electrons. The summed E-state index contributed by atoms with van der Waals surface area (Å²) >= 11 is 0. The Hall–Kier alpha value is -3.19. The van der Waals surface area contributed by atoms with Crippen molar-refractivity contribution in [2.45, 2.75) is 75.3 Å². The van der Waals surface area contributed by atoms with Crippen LogP contribution in [0.25, 0.3) is 0 Å². The van der Waals surface area contributed by atoms with Crippen LogP contribution >= 0.6 is 0 Å². The van der Waals surface area contributed by atoms with Crippen LogP contribution < -0.4 is 11.1 Å². The zero-order valence-corrected chi connectivity index (χ0v) is 21.2. The molecule has 1 fully saturated rings. The molecule has 2 atom stereocenters. The molecule has 1 spiro atoms. The molecule has 4 N–H and O–H groups in total. The van der Waals surface area contributed by atoms with Crippen molar-refractivity contribution in [3.05, 3.63) is 71.3 Å². The van der Waals surface area contributed by atoms with Gasteiger partial charge < -0.3 is 21.1 Å². The van der Waals surface area contributed by atoms with Crippen molar-refractivity contribution in [2.75, 3.05) is 13.1 Å². The van der Waals surface area contributed by atoms with E-state index in [-0.39, 0.29) is 17.2 Å². The number of carboxylic acids is 1. The average molecular weight is 492 g/mol. The van der Waals surface area contributed by atoms with Crippen molar-refractivity contribution >= 4 is 17.8 Å². The van der Waals surface area contributed by atoms with Crippen molar-refractivity contribution in [1.29, 1.82) is 0 Å². The van der Waals surface area contributed by atoms with Gasteiger partial charge in [-0.05, 0) is 69.1 Å². The van der Waals surface area contributed by atoms with E-state index >= 15 is 0 Å². The molecule has 1 heterocycles. The maximum atomic E-state index is 13.6. The molecule has 0 aromatic heterocycles. The number of benzene rings is 2. The zero-order chi connectivity index (χ0) is 25.9. The molecular formula is C29H37N3O4. The van der Waals surface area contributed by atoms with Crippen molar-refractivity contribution in [2.24, 2.45) is 5.73 Å². The van der Waals surface area contributed by atoms with Crippen LogP contribution in [0, 0.1) is 0 Å². The Balaban J connectivity index is 1.44. The van der Waals surface area contributed by atoms with Gasteiger partial charge in [0.25, 0.3) is 0 Å². The second-order valence-corrected chi connectivity index (χ2v) is 10.9. The average Bonchev–Trinajstić information content (AvgIpc) is 3.18. The van der Waals surface area contributed by atoms with E-state index in [1.165, 1.54) is 5.56 Å². The summed E-state index contributed by atoms with van der Waals surface area (Å²) in [5.41, 5.74) is 7.91. The first kappa shape index (κ1) is 25.9. The van der Waals surface area contributed by atoms with Crippen LogP contribution in [0.4, 0.5) is 0 Å². The maximum Gasteiger partial charge on any atom is 0.311 e. The summed E-state index contributed by atoms with van der Waals surface area (Å²) in [4.78, 5) is 40.0. The topological polar surface area (TPSA) is 113 Å². The number of nitrogens with zero attached hydrogens (tertiary/aromatic N) is 1. The van der Waals surface area contributed by atoms with Crippen LogP contribution in [-0.4, -0.2) is 52.5 Å². The molecular weight excluding hydrogens is 454 g/mol. The quantitative estimate of drug-likeness (QED) is 0.524. The smallest absolute Gasteiger partial charge is 0.311 e. The molecule has 0 bridgehead atoms. The Kier molecular flexibility index (Phi) is 7.50. The number of piperidine rings is 1. The SMILES string of the molecule is CC(C)(N)C(=O)N[C@H](CCCc1ccccc1)C(=O)N1CCC2(CC1)C[C@H](C(=O)O)c1ccccc12. The largest absolute Gasteiger partial charge is 0.481 e. The van der Waals surface area contributed by atoms with Gasteiger partial charge in [0.2, 0.25) is 11.8 Å². The number of rotatable bonds is 8. The Morgan fingerprint density at radius 3 is 2.36 bits per heavy atom. The molecule has 7 heteroatoms. The molecule has 36 heavy (non-hydrogen) atoms.